The maximum Gasteiger partial charge on any atom is 0.273 e. The summed E-state index contributed by atoms with van der Waals surface area (Å²) in [5, 5.41) is 6.93. The highest BCUT2D eigenvalue weighted by Crippen LogP contribution is 2.40. The van der Waals surface area contributed by atoms with Gasteiger partial charge in [0, 0.05) is 36.7 Å². The van der Waals surface area contributed by atoms with Gasteiger partial charge < -0.3 is 14.7 Å². The minimum atomic E-state index is -3.27. The maximum absolute atomic E-state index is 12.8. The van der Waals surface area contributed by atoms with Crippen LogP contribution < -0.4 is 5.32 Å². The lowest BCUT2D eigenvalue weighted by Gasteiger charge is -2.38. The predicted octanol–water partition coefficient (Wildman–Crippen LogP) is 1.17. The second kappa shape index (κ2) is 7.18. The molecule has 27 heavy (non-hydrogen) atoms. The van der Waals surface area contributed by atoms with Crippen LogP contribution >= 0.6 is 0 Å². The number of carbonyl (C=O) groups excluding carboxylic acids is 1. The fourth-order valence-corrected chi connectivity index (χ4v) is 6.42. The van der Waals surface area contributed by atoms with Crippen molar-refractivity contribution in [3.63, 3.8) is 0 Å². The Bertz CT molecular complexity index is 788. The first-order valence-corrected chi connectivity index (χ1v) is 11.4. The Morgan fingerprint density at radius 2 is 1.93 bits per heavy atom. The van der Waals surface area contributed by atoms with E-state index in [0.717, 1.165) is 31.4 Å². The largest absolute Gasteiger partial charge is 0.360 e. The molecule has 2 aliphatic heterocycles. The SMILES string of the molecule is CN(C)CCS(=O)(=O)N1[C@@H]2CC[C@H]1CC(NC(=O)c1cc(C3CC3)on1)C2. The molecule has 0 spiro atoms. The van der Waals surface area contributed by atoms with E-state index >= 15 is 0 Å². The maximum atomic E-state index is 12.8. The van der Waals surface area contributed by atoms with Gasteiger partial charge in [-0.15, -0.1) is 0 Å². The van der Waals surface area contributed by atoms with Crippen molar-refractivity contribution >= 4 is 15.9 Å². The van der Waals surface area contributed by atoms with E-state index in [-0.39, 0.29) is 29.8 Å². The molecule has 3 atom stereocenters. The molecule has 4 rings (SSSR count). The second-order valence-corrected chi connectivity index (χ2v) is 10.4. The van der Waals surface area contributed by atoms with Gasteiger partial charge in [-0.05, 0) is 52.6 Å². The average molecular weight is 397 g/mol. The molecule has 1 aromatic rings. The molecule has 9 heteroatoms. The van der Waals surface area contributed by atoms with E-state index in [4.69, 9.17) is 4.52 Å². The number of piperidine rings is 1. The van der Waals surface area contributed by atoms with Crippen LogP contribution in [0.3, 0.4) is 0 Å². The van der Waals surface area contributed by atoms with E-state index in [1.165, 1.54) is 0 Å². The van der Waals surface area contributed by atoms with Crippen LogP contribution in [-0.4, -0.2) is 73.2 Å². The molecule has 8 nitrogen and oxygen atoms in total. The number of fused-ring (bicyclic) bond motifs is 2. The molecule has 3 heterocycles. The Balaban J connectivity index is 1.37. The number of sulfonamides is 1. The molecule has 3 fully saturated rings. The summed E-state index contributed by atoms with van der Waals surface area (Å²) in [5.74, 6) is 1.14. The Morgan fingerprint density at radius 3 is 2.52 bits per heavy atom. The van der Waals surface area contributed by atoms with Gasteiger partial charge in [0.25, 0.3) is 5.91 Å². The van der Waals surface area contributed by atoms with Gasteiger partial charge in [0.1, 0.15) is 5.76 Å². The molecule has 3 aliphatic rings. The van der Waals surface area contributed by atoms with Crippen LogP contribution in [0.5, 0.6) is 0 Å². The highest BCUT2D eigenvalue weighted by molar-refractivity contribution is 7.89. The van der Waals surface area contributed by atoms with E-state index in [9.17, 15) is 13.2 Å². The molecule has 1 aliphatic carbocycles. The summed E-state index contributed by atoms with van der Waals surface area (Å²) < 4.78 is 32.5. The molecule has 1 aromatic heterocycles. The highest BCUT2D eigenvalue weighted by atomic mass is 32.2. The third-order valence-electron chi connectivity index (χ3n) is 5.86. The van der Waals surface area contributed by atoms with Crippen molar-refractivity contribution in [2.24, 2.45) is 0 Å². The summed E-state index contributed by atoms with van der Waals surface area (Å²) in [5.41, 5.74) is 0.324. The minimum absolute atomic E-state index is 0.0134. The molecule has 1 amide bonds. The Kier molecular flexibility index (Phi) is 5.02. The number of aromatic nitrogens is 1. The van der Waals surface area contributed by atoms with E-state index in [2.05, 4.69) is 10.5 Å². The second-order valence-electron chi connectivity index (χ2n) is 8.36. The zero-order chi connectivity index (χ0) is 19.2. The van der Waals surface area contributed by atoms with Crippen LogP contribution in [-0.2, 0) is 10.0 Å². The number of nitrogens with zero attached hydrogens (tertiary/aromatic N) is 3. The van der Waals surface area contributed by atoms with Gasteiger partial charge in [-0.25, -0.2) is 8.42 Å². The number of hydrogen-bond donors (Lipinski definition) is 1. The third kappa shape index (κ3) is 4.05. The van der Waals surface area contributed by atoms with E-state index in [1.807, 2.05) is 19.0 Å². The number of carbonyl (C=O) groups is 1. The Morgan fingerprint density at radius 1 is 1.26 bits per heavy atom. The number of hydrogen-bond acceptors (Lipinski definition) is 6. The highest BCUT2D eigenvalue weighted by Gasteiger charge is 2.46. The molecule has 150 valence electrons. The molecule has 1 saturated carbocycles. The van der Waals surface area contributed by atoms with Crippen molar-refractivity contribution in [2.45, 2.75) is 62.6 Å². The monoisotopic (exact) mass is 396 g/mol. The van der Waals surface area contributed by atoms with Crippen LogP contribution in [0.2, 0.25) is 0 Å². The van der Waals surface area contributed by atoms with Crippen LogP contribution in [0.15, 0.2) is 10.6 Å². The minimum Gasteiger partial charge on any atom is -0.360 e. The van der Waals surface area contributed by atoms with Crippen LogP contribution in [0.4, 0.5) is 0 Å². The van der Waals surface area contributed by atoms with Gasteiger partial charge in [-0.1, -0.05) is 5.16 Å². The van der Waals surface area contributed by atoms with E-state index < -0.39 is 10.0 Å². The van der Waals surface area contributed by atoms with Gasteiger partial charge >= 0.3 is 0 Å². The quantitative estimate of drug-likeness (QED) is 0.743. The standard InChI is InChI=1S/C18H28N4O4S/c1-21(2)7-8-27(24,25)22-14-5-6-15(22)10-13(9-14)19-18(23)16-11-17(26-20-16)12-3-4-12/h11-15H,3-10H2,1-2H3,(H,19,23)/t13?,14-,15+. The fraction of sp³-hybridized carbons (Fsp3) is 0.778. The average Bonchev–Trinajstić information content (AvgIpc) is 3.26. The van der Waals surface area contributed by atoms with Gasteiger partial charge in [0.15, 0.2) is 5.69 Å². The zero-order valence-electron chi connectivity index (χ0n) is 15.9. The molecular weight excluding hydrogens is 368 g/mol. The van der Waals surface area contributed by atoms with E-state index in [0.29, 0.717) is 31.0 Å². The van der Waals surface area contributed by atoms with Gasteiger partial charge in [0.2, 0.25) is 10.0 Å². The first-order valence-electron chi connectivity index (χ1n) is 9.77. The number of rotatable bonds is 7. The molecule has 2 saturated heterocycles. The summed E-state index contributed by atoms with van der Waals surface area (Å²) >= 11 is 0. The fourth-order valence-electron chi connectivity index (χ4n) is 4.33. The topological polar surface area (TPSA) is 95.8 Å². The number of amides is 1. The van der Waals surface area contributed by atoms with Crippen molar-refractivity contribution in [1.82, 2.24) is 19.7 Å². The third-order valence-corrected chi connectivity index (χ3v) is 7.80. The summed E-state index contributed by atoms with van der Waals surface area (Å²) in [6, 6.07) is 1.69. The van der Waals surface area contributed by atoms with Crippen molar-refractivity contribution < 1.29 is 17.7 Å². The lowest BCUT2D eigenvalue weighted by molar-refractivity contribution is 0.0900. The van der Waals surface area contributed by atoms with Crippen LogP contribution in [0.1, 0.15) is 60.7 Å². The molecule has 0 aromatic carbocycles. The van der Waals surface area contributed by atoms with Crippen LogP contribution in [0.25, 0.3) is 0 Å². The Hall–Kier alpha value is -1.45. The van der Waals surface area contributed by atoms with Crippen molar-refractivity contribution in [3.8, 4) is 0 Å². The first-order chi connectivity index (χ1) is 12.8. The molecule has 0 radical (unpaired) electrons. The van der Waals surface area contributed by atoms with Gasteiger partial charge in [-0.3, -0.25) is 4.79 Å². The first kappa shape index (κ1) is 18.9. The summed E-state index contributed by atoms with van der Waals surface area (Å²) in [4.78, 5) is 14.4. The Labute approximate surface area is 160 Å². The van der Waals surface area contributed by atoms with Crippen molar-refractivity contribution in [3.05, 3.63) is 17.5 Å². The number of nitrogens with one attached hydrogen (secondary N) is 1. The lowest BCUT2D eigenvalue weighted by Crippen LogP contribution is -2.53. The van der Waals surface area contributed by atoms with Crippen molar-refractivity contribution in [1.29, 1.82) is 0 Å². The molecule has 1 N–H and O–H groups in total. The smallest absolute Gasteiger partial charge is 0.273 e. The van der Waals surface area contributed by atoms with Gasteiger partial charge in [-0.2, -0.15) is 4.31 Å². The van der Waals surface area contributed by atoms with Crippen LogP contribution in [0, 0.1) is 0 Å². The zero-order valence-corrected chi connectivity index (χ0v) is 16.7. The van der Waals surface area contributed by atoms with E-state index in [1.54, 1.807) is 10.4 Å². The normalized spacial score (nSPS) is 28.6. The molecule has 2 bridgehead atoms. The van der Waals surface area contributed by atoms with Gasteiger partial charge in [0.05, 0.1) is 5.75 Å². The summed E-state index contributed by atoms with van der Waals surface area (Å²) in [6.45, 7) is 0.522. The summed E-state index contributed by atoms with van der Waals surface area (Å²) in [7, 11) is 0.493. The molecular formula is C18H28N4O4S. The predicted molar refractivity (Wildman–Crippen MR) is 100.0 cm³/mol. The molecule has 1 unspecified atom stereocenters. The lowest BCUT2D eigenvalue weighted by atomic mass is 9.99. The summed E-state index contributed by atoms with van der Waals surface area (Å²) in [6.07, 6.45) is 5.26. The van der Waals surface area contributed by atoms with Crippen molar-refractivity contribution in [2.75, 3.05) is 26.4 Å².